The van der Waals surface area contributed by atoms with Gasteiger partial charge in [0.15, 0.2) is 11.5 Å². The Labute approximate surface area is 129 Å². The van der Waals surface area contributed by atoms with Crippen molar-refractivity contribution < 1.29 is 28.9 Å². The average Bonchev–Trinajstić information content (AvgIpc) is 2.51. The molecule has 1 N–H and O–H groups in total. The van der Waals surface area contributed by atoms with Crippen LogP contribution in [0.1, 0.15) is 24.2 Å². The van der Waals surface area contributed by atoms with Crippen molar-refractivity contribution in [2.45, 2.75) is 19.4 Å². The van der Waals surface area contributed by atoms with Crippen LogP contribution in [0, 0.1) is 0 Å². The van der Waals surface area contributed by atoms with Crippen molar-refractivity contribution in [3.05, 3.63) is 17.7 Å². The molecule has 0 aromatic heterocycles. The summed E-state index contributed by atoms with van der Waals surface area (Å²) < 4.78 is 15.6. The molecule has 7 heteroatoms. The Morgan fingerprint density at radius 3 is 1.82 bits per heavy atom. The van der Waals surface area contributed by atoms with Gasteiger partial charge in [0.1, 0.15) is 5.54 Å². The molecule has 0 radical (unpaired) electrons. The largest absolute Gasteiger partial charge is 0.493 e. The summed E-state index contributed by atoms with van der Waals surface area (Å²) in [4.78, 5) is 25.0. The average molecular weight is 311 g/mol. The Kier molecular flexibility index (Phi) is 5.24. The van der Waals surface area contributed by atoms with Crippen LogP contribution in [0.25, 0.3) is 0 Å². The lowest BCUT2D eigenvalue weighted by Crippen LogP contribution is -2.50. The van der Waals surface area contributed by atoms with Crippen LogP contribution in [0.4, 0.5) is 0 Å². The fraction of sp³-hybridized carbons (Fsp3) is 0.467. The minimum atomic E-state index is -1.35. The Bertz CT molecular complexity index is 556. The number of likely N-dealkylation sites (N-methyl/N-ethyl adjacent to an activating group) is 1. The monoisotopic (exact) mass is 311 g/mol. The van der Waals surface area contributed by atoms with Crippen molar-refractivity contribution in [3.63, 3.8) is 0 Å². The van der Waals surface area contributed by atoms with Gasteiger partial charge in [-0.2, -0.15) is 0 Å². The third-order valence-corrected chi connectivity index (χ3v) is 3.58. The Balaban J connectivity index is 3.32. The topological polar surface area (TPSA) is 85.3 Å². The van der Waals surface area contributed by atoms with Crippen molar-refractivity contribution in [1.82, 2.24) is 4.90 Å². The molecule has 7 nitrogen and oxygen atoms in total. The fourth-order valence-electron chi connectivity index (χ4n) is 1.80. The molecule has 0 heterocycles. The van der Waals surface area contributed by atoms with Crippen molar-refractivity contribution in [3.8, 4) is 17.2 Å². The molecule has 122 valence electrons. The number of carboxylic acid groups (broad SMARTS) is 1. The SMILES string of the molecule is COc1cc(C(=O)N(C)C(C)(C)C(=O)O)cc(OC)c1OC. The van der Waals surface area contributed by atoms with Crippen molar-refractivity contribution in [2.75, 3.05) is 28.4 Å². The highest BCUT2D eigenvalue weighted by atomic mass is 16.5. The van der Waals surface area contributed by atoms with E-state index < -0.39 is 17.4 Å². The van der Waals surface area contributed by atoms with Gasteiger partial charge in [-0.3, -0.25) is 4.79 Å². The molecule has 0 spiro atoms. The number of rotatable bonds is 6. The standard InChI is InChI=1S/C15H21NO6/c1-15(2,14(18)19)16(3)13(17)9-7-10(20-4)12(22-6)11(8-9)21-5/h7-8H,1-6H3,(H,18,19). The lowest BCUT2D eigenvalue weighted by molar-refractivity contribution is -0.147. The van der Waals surface area contributed by atoms with Crippen molar-refractivity contribution in [2.24, 2.45) is 0 Å². The van der Waals surface area contributed by atoms with Gasteiger partial charge in [-0.05, 0) is 26.0 Å². The van der Waals surface area contributed by atoms with E-state index in [1.807, 2.05) is 0 Å². The normalized spacial score (nSPS) is 10.8. The molecule has 1 aromatic carbocycles. The number of aliphatic carboxylic acids is 1. The molecule has 0 aliphatic carbocycles. The zero-order valence-corrected chi connectivity index (χ0v) is 13.6. The summed E-state index contributed by atoms with van der Waals surface area (Å²) in [5.74, 6) is -0.553. The first-order valence-electron chi connectivity index (χ1n) is 6.52. The van der Waals surface area contributed by atoms with E-state index in [9.17, 15) is 14.7 Å². The molecule has 0 saturated heterocycles. The van der Waals surface area contributed by atoms with Gasteiger partial charge in [-0.1, -0.05) is 0 Å². The fourth-order valence-corrected chi connectivity index (χ4v) is 1.80. The molecule has 0 fully saturated rings. The number of amides is 1. The number of carboxylic acids is 1. The minimum absolute atomic E-state index is 0.242. The summed E-state index contributed by atoms with van der Waals surface area (Å²) >= 11 is 0. The molecule has 0 aliphatic heterocycles. The molecule has 1 rings (SSSR count). The first-order valence-corrected chi connectivity index (χ1v) is 6.52. The smallest absolute Gasteiger partial charge is 0.329 e. The molecule has 22 heavy (non-hydrogen) atoms. The van der Waals surface area contributed by atoms with Crippen LogP contribution in [0.15, 0.2) is 12.1 Å². The summed E-state index contributed by atoms with van der Waals surface area (Å²) in [7, 11) is 5.77. The first-order chi connectivity index (χ1) is 10.2. The van der Waals surface area contributed by atoms with Crippen LogP contribution in [0.2, 0.25) is 0 Å². The molecule has 0 unspecified atom stereocenters. The van der Waals surface area contributed by atoms with E-state index >= 15 is 0 Å². The second-order valence-corrected chi connectivity index (χ2v) is 5.14. The van der Waals surface area contributed by atoms with Gasteiger partial charge in [0, 0.05) is 12.6 Å². The van der Waals surface area contributed by atoms with Crippen LogP contribution < -0.4 is 14.2 Å². The second-order valence-electron chi connectivity index (χ2n) is 5.14. The van der Waals surface area contributed by atoms with Crippen LogP contribution in [0.5, 0.6) is 17.2 Å². The number of benzene rings is 1. The van der Waals surface area contributed by atoms with E-state index in [2.05, 4.69) is 0 Å². The van der Waals surface area contributed by atoms with Crippen molar-refractivity contribution in [1.29, 1.82) is 0 Å². The van der Waals surface area contributed by atoms with Crippen molar-refractivity contribution >= 4 is 11.9 Å². The molecular formula is C15H21NO6. The molecule has 0 aliphatic rings. The third kappa shape index (κ3) is 3.08. The summed E-state index contributed by atoms with van der Waals surface area (Å²) in [5.41, 5.74) is -1.11. The number of hydrogen-bond donors (Lipinski definition) is 1. The van der Waals surface area contributed by atoms with Gasteiger partial charge in [-0.25, -0.2) is 4.79 Å². The van der Waals surface area contributed by atoms with E-state index in [0.717, 1.165) is 4.90 Å². The predicted molar refractivity (Wildman–Crippen MR) is 79.9 cm³/mol. The second kappa shape index (κ2) is 6.55. The molecule has 0 bridgehead atoms. The number of carbonyl (C=O) groups excluding carboxylic acids is 1. The highest BCUT2D eigenvalue weighted by Crippen LogP contribution is 2.38. The summed E-state index contributed by atoms with van der Waals surface area (Å²) in [6, 6.07) is 2.97. The Morgan fingerprint density at radius 2 is 1.50 bits per heavy atom. The molecule has 0 atom stereocenters. The highest BCUT2D eigenvalue weighted by molar-refractivity contribution is 5.98. The van der Waals surface area contributed by atoms with Gasteiger partial charge in [-0.15, -0.1) is 0 Å². The summed E-state index contributed by atoms with van der Waals surface area (Å²) in [5, 5.41) is 9.23. The maximum absolute atomic E-state index is 12.5. The van der Waals surface area contributed by atoms with E-state index in [4.69, 9.17) is 14.2 Å². The van der Waals surface area contributed by atoms with Crippen LogP contribution in [0.3, 0.4) is 0 Å². The number of nitrogens with zero attached hydrogens (tertiary/aromatic N) is 1. The number of hydrogen-bond acceptors (Lipinski definition) is 5. The predicted octanol–water partition coefficient (Wildman–Crippen LogP) is 1.65. The lowest BCUT2D eigenvalue weighted by atomic mass is 10.0. The van der Waals surface area contributed by atoms with Crippen LogP contribution in [-0.2, 0) is 4.79 Å². The van der Waals surface area contributed by atoms with Gasteiger partial charge < -0.3 is 24.2 Å². The van der Waals surface area contributed by atoms with E-state index in [0.29, 0.717) is 17.2 Å². The zero-order chi connectivity index (χ0) is 17.1. The lowest BCUT2D eigenvalue weighted by Gasteiger charge is -2.31. The van der Waals surface area contributed by atoms with Gasteiger partial charge in [0.25, 0.3) is 5.91 Å². The molecule has 1 amide bonds. The van der Waals surface area contributed by atoms with Gasteiger partial charge >= 0.3 is 5.97 Å². The van der Waals surface area contributed by atoms with Crippen LogP contribution in [-0.4, -0.2) is 55.8 Å². The number of methoxy groups -OCH3 is 3. The quantitative estimate of drug-likeness (QED) is 0.860. The summed E-state index contributed by atoms with van der Waals surface area (Å²) in [6.45, 7) is 2.90. The number of carbonyl (C=O) groups is 2. The molecular weight excluding hydrogens is 290 g/mol. The Hall–Kier alpha value is -2.44. The summed E-state index contributed by atoms with van der Waals surface area (Å²) in [6.07, 6.45) is 0. The first kappa shape index (κ1) is 17.6. The maximum atomic E-state index is 12.5. The van der Waals surface area contributed by atoms with Crippen LogP contribution >= 0.6 is 0 Å². The van der Waals surface area contributed by atoms with E-state index in [1.54, 1.807) is 0 Å². The minimum Gasteiger partial charge on any atom is -0.493 e. The molecule has 1 aromatic rings. The third-order valence-electron chi connectivity index (χ3n) is 3.58. The number of ether oxygens (including phenoxy) is 3. The van der Waals surface area contributed by atoms with Gasteiger partial charge in [0.2, 0.25) is 5.75 Å². The maximum Gasteiger partial charge on any atom is 0.329 e. The zero-order valence-electron chi connectivity index (χ0n) is 13.6. The molecule has 0 saturated carbocycles. The van der Waals surface area contributed by atoms with Gasteiger partial charge in [0.05, 0.1) is 21.3 Å². The highest BCUT2D eigenvalue weighted by Gasteiger charge is 2.36. The van der Waals surface area contributed by atoms with E-state index in [-0.39, 0.29) is 5.56 Å². The van der Waals surface area contributed by atoms with E-state index in [1.165, 1.54) is 54.4 Å². The Morgan fingerprint density at radius 1 is 1.05 bits per heavy atom.